The lowest BCUT2D eigenvalue weighted by Gasteiger charge is -2.35. The Bertz CT molecular complexity index is 1170. The quantitative estimate of drug-likeness (QED) is 0.621. The highest BCUT2D eigenvalue weighted by Gasteiger charge is 2.25. The summed E-state index contributed by atoms with van der Waals surface area (Å²) in [5, 5.41) is 9.83. The molecule has 0 radical (unpaired) electrons. The van der Waals surface area contributed by atoms with Crippen molar-refractivity contribution in [1.82, 2.24) is 23.6 Å². The molecule has 30 heavy (non-hydrogen) atoms. The molecule has 0 atom stereocenters. The summed E-state index contributed by atoms with van der Waals surface area (Å²) in [7, 11) is 3.11. The van der Waals surface area contributed by atoms with Gasteiger partial charge in [0.25, 0.3) is 5.56 Å². The number of halogens is 1. The van der Waals surface area contributed by atoms with E-state index >= 15 is 0 Å². The number of benzene rings is 1. The maximum atomic E-state index is 13.0. The Hall–Kier alpha value is -2.62. The number of hydrogen-bond acceptors (Lipinski definition) is 6. The smallest absolute Gasteiger partial charge is 0.332 e. The average molecular weight is 433 g/mol. The van der Waals surface area contributed by atoms with Crippen molar-refractivity contribution in [2.45, 2.75) is 6.54 Å². The number of nitrogens with zero attached hydrogens (tertiary/aromatic N) is 6. The largest absolute Gasteiger partial charge is 0.395 e. The van der Waals surface area contributed by atoms with Gasteiger partial charge >= 0.3 is 5.69 Å². The fourth-order valence-electron chi connectivity index (χ4n) is 3.91. The van der Waals surface area contributed by atoms with Crippen molar-refractivity contribution in [2.24, 2.45) is 14.1 Å². The first kappa shape index (κ1) is 20.6. The zero-order chi connectivity index (χ0) is 21.4. The molecule has 1 aromatic carbocycles. The van der Waals surface area contributed by atoms with Crippen LogP contribution in [0.5, 0.6) is 0 Å². The van der Waals surface area contributed by atoms with Crippen molar-refractivity contribution in [3.05, 3.63) is 55.7 Å². The van der Waals surface area contributed by atoms with Crippen LogP contribution in [0.15, 0.2) is 33.9 Å². The van der Waals surface area contributed by atoms with Gasteiger partial charge in [-0.05, 0) is 17.7 Å². The SMILES string of the molecule is Cn1c(=O)c2c(nc(N3CCN(CCO)CC3)n2Cc2ccc(Cl)cc2)n(C)c1=O. The number of fused-ring (bicyclic) bond motifs is 1. The third-order valence-corrected chi connectivity index (χ3v) is 5.91. The zero-order valence-corrected chi connectivity index (χ0v) is 17.8. The van der Waals surface area contributed by atoms with Crippen molar-refractivity contribution >= 4 is 28.7 Å². The highest BCUT2D eigenvalue weighted by molar-refractivity contribution is 6.30. The first-order valence-electron chi connectivity index (χ1n) is 9.89. The van der Waals surface area contributed by atoms with Gasteiger partial charge in [0, 0.05) is 51.8 Å². The lowest BCUT2D eigenvalue weighted by Crippen LogP contribution is -2.48. The normalized spacial score (nSPS) is 15.3. The van der Waals surface area contributed by atoms with Gasteiger partial charge in [-0.1, -0.05) is 23.7 Å². The summed E-state index contributed by atoms with van der Waals surface area (Å²) in [5.74, 6) is 0.668. The van der Waals surface area contributed by atoms with Crippen molar-refractivity contribution in [3.8, 4) is 0 Å². The number of rotatable bonds is 5. The number of aliphatic hydroxyl groups excluding tert-OH is 1. The minimum absolute atomic E-state index is 0.132. The summed E-state index contributed by atoms with van der Waals surface area (Å²) in [6.07, 6.45) is 0. The van der Waals surface area contributed by atoms with E-state index in [4.69, 9.17) is 16.6 Å². The summed E-state index contributed by atoms with van der Waals surface area (Å²) in [5.41, 5.74) is 1.00. The molecule has 0 saturated carbocycles. The molecule has 1 aliphatic rings. The van der Waals surface area contributed by atoms with Gasteiger partial charge in [-0.25, -0.2) is 4.79 Å². The van der Waals surface area contributed by atoms with Gasteiger partial charge in [0.2, 0.25) is 5.95 Å². The highest BCUT2D eigenvalue weighted by atomic mass is 35.5. The van der Waals surface area contributed by atoms with E-state index < -0.39 is 5.69 Å². The van der Waals surface area contributed by atoms with Crippen LogP contribution in [0.25, 0.3) is 11.2 Å². The number of imidazole rings is 1. The first-order chi connectivity index (χ1) is 14.4. The minimum Gasteiger partial charge on any atom is -0.395 e. The molecular weight excluding hydrogens is 408 g/mol. The Balaban J connectivity index is 1.83. The molecule has 160 valence electrons. The molecular formula is C20H25ClN6O3. The Kier molecular flexibility index (Phi) is 5.68. The monoisotopic (exact) mass is 432 g/mol. The van der Waals surface area contributed by atoms with Crippen LogP contribution in [-0.4, -0.2) is 68.0 Å². The molecule has 2 aromatic heterocycles. The van der Waals surface area contributed by atoms with E-state index in [0.717, 1.165) is 36.3 Å². The molecule has 1 fully saturated rings. The Morgan fingerprint density at radius 3 is 2.33 bits per heavy atom. The van der Waals surface area contributed by atoms with E-state index in [2.05, 4.69) is 9.80 Å². The molecule has 1 saturated heterocycles. The van der Waals surface area contributed by atoms with Crippen molar-refractivity contribution in [1.29, 1.82) is 0 Å². The van der Waals surface area contributed by atoms with Crippen LogP contribution in [-0.2, 0) is 20.6 Å². The molecule has 3 heterocycles. The standard InChI is InChI=1S/C20H25ClN6O3/c1-23-17-16(18(29)24(2)20(23)30)27(13-14-3-5-15(21)6-4-14)19(22-17)26-9-7-25(8-10-26)11-12-28/h3-6,28H,7-13H2,1-2H3. The predicted octanol–water partition coefficient (Wildman–Crippen LogP) is 0.250. The Labute approximate surface area is 178 Å². The maximum absolute atomic E-state index is 13.0. The number of aliphatic hydroxyl groups is 1. The van der Waals surface area contributed by atoms with Crippen LogP contribution in [0.2, 0.25) is 5.02 Å². The molecule has 0 aliphatic carbocycles. The average Bonchev–Trinajstić information content (AvgIpc) is 3.12. The van der Waals surface area contributed by atoms with E-state index in [-0.39, 0.29) is 12.2 Å². The molecule has 0 unspecified atom stereocenters. The number of anilines is 1. The molecule has 3 aromatic rings. The molecule has 0 spiro atoms. The number of piperazine rings is 1. The lowest BCUT2D eigenvalue weighted by molar-refractivity contribution is 0.188. The van der Waals surface area contributed by atoms with Gasteiger partial charge in [0.05, 0.1) is 13.2 Å². The number of aryl methyl sites for hydroxylation is 1. The van der Waals surface area contributed by atoms with Gasteiger partial charge in [-0.2, -0.15) is 4.98 Å². The Morgan fingerprint density at radius 2 is 1.70 bits per heavy atom. The summed E-state index contributed by atoms with van der Waals surface area (Å²) >= 11 is 6.02. The molecule has 0 bridgehead atoms. The summed E-state index contributed by atoms with van der Waals surface area (Å²) < 4.78 is 4.42. The van der Waals surface area contributed by atoms with Gasteiger partial charge in [-0.3, -0.25) is 23.4 Å². The Morgan fingerprint density at radius 1 is 1.03 bits per heavy atom. The summed E-state index contributed by atoms with van der Waals surface area (Å²) in [6, 6.07) is 7.47. The van der Waals surface area contributed by atoms with Gasteiger partial charge in [0.15, 0.2) is 11.2 Å². The van der Waals surface area contributed by atoms with Crippen LogP contribution in [0, 0.1) is 0 Å². The van der Waals surface area contributed by atoms with E-state index in [1.807, 2.05) is 28.8 Å². The second kappa shape index (κ2) is 8.25. The van der Waals surface area contributed by atoms with Crippen molar-refractivity contribution in [3.63, 3.8) is 0 Å². The minimum atomic E-state index is -0.400. The lowest BCUT2D eigenvalue weighted by atomic mass is 10.2. The van der Waals surface area contributed by atoms with E-state index in [1.165, 1.54) is 11.6 Å². The van der Waals surface area contributed by atoms with Gasteiger partial charge in [0.1, 0.15) is 0 Å². The van der Waals surface area contributed by atoms with E-state index in [1.54, 1.807) is 7.05 Å². The molecule has 0 amide bonds. The van der Waals surface area contributed by atoms with Crippen molar-refractivity contribution in [2.75, 3.05) is 44.2 Å². The zero-order valence-electron chi connectivity index (χ0n) is 17.1. The number of β-amino-alcohol motifs (C(OH)–C–C–N with tert-alkyl or cyclic N) is 1. The van der Waals surface area contributed by atoms with Crippen molar-refractivity contribution < 1.29 is 5.11 Å². The highest BCUT2D eigenvalue weighted by Crippen LogP contribution is 2.23. The molecule has 9 nitrogen and oxygen atoms in total. The van der Waals surface area contributed by atoms with Gasteiger partial charge < -0.3 is 10.0 Å². The molecule has 1 aliphatic heterocycles. The summed E-state index contributed by atoms with van der Waals surface area (Å²) in [4.78, 5) is 34.5. The van der Waals surface area contributed by atoms with Gasteiger partial charge in [-0.15, -0.1) is 0 Å². The number of aromatic nitrogens is 4. The topological polar surface area (TPSA) is 88.5 Å². The fourth-order valence-corrected chi connectivity index (χ4v) is 4.04. The summed E-state index contributed by atoms with van der Waals surface area (Å²) in [6.45, 7) is 4.24. The maximum Gasteiger partial charge on any atom is 0.332 e. The van der Waals surface area contributed by atoms with E-state index in [0.29, 0.717) is 35.2 Å². The van der Waals surface area contributed by atoms with Crippen LogP contribution in [0.4, 0.5) is 5.95 Å². The fraction of sp³-hybridized carbons (Fsp3) is 0.450. The van der Waals surface area contributed by atoms with Crippen LogP contribution < -0.4 is 16.1 Å². The second-order valence-electron chi connectivity index (χ2n) is 7.55. The number of hydrogen-bond donors (Lipinski definition) is 1. The molecule has 4 rings (SSSR count). The van der Waals surface area contributed by atoms with Crippen LogP contribution in [0.1, 0.15) is 5.56 Å². The first-order valence-corrected chi connectivity index (χ1v) is 10.3. The molecule has 1 N–H and O–H groups in total. The van der Waals surface area contributed by atoms with Crippen LogP contribution in [0.3, 0.4) is 0 Å². The third-order valence-electron chi connectivity index (χ3n) is 5.65. The predicted molar refractivity (Wildman–Crippen MR) is 117 cm³/mol. The van der Waals surface area contributed by atoms with E-state index in [9.17, 15) is 14.7 Å². The molecule has 10 heteroatoms. The second-order valence-corrected chi connectivity index (χ2v) is 7.99. The third kappa shape index (κ3) is 3.64. The van der Waals surface area contributed by atoms with Crippen LogP contribution >= 0.6 is 11.6 Å².